The maximum absolute atomic E-state index is 13.4. The molecule has 9 nitrogen and oxygen atoms in total. The average molecular weight is 527 g/mol. The highest BCUT2D eigenvalue weighted by Gasteiger charge is 2.37. The fourth-order valence-electron chi connectivity index (χ4n) is 5.24. The van der Waals surface area contributed by atoms with E-state index in [4.69, 9.17) is 4.74 Å². The monoisotopic (exact) mass is 526 g/mol. The quantitative estimate of drug-likeness (QED) is 0.295. The molecule has 1 aliphatic heterocycles. The van der Waals surface area contributed by atoms with Gasteiger partial charge in [-0.2, -0.15) is 0 Å². The number of carbonyl (C=O) groups is 2. The Morgan fingerprint density at radius 2 is 1.79 bits per heavy atom. The van der Waals surface area contributed by atoms with Crippen molar-refractivity contribution in [3.63, 3.8) is 0 Å². The molecule has 1 fully saturated rings. The number of likely N-dealkylation sites (tertiary alicyclic amines) is 1. The molecule has 2 atom stereocenters. The molecular weight excluding hydrogens is 492 g/mol. The highest BCUT2D eigenvalue weighted by Crippen LogP contribution is 2.34. The summed E-state index contributed by atoms with van der Waals surface area (Å²) in [6.07, 6.45) is 6.42. The van der Waals surface area contributed by atoms with E-state index < -0.39 is 12.1 Å². The van der Waals surface area contributed by atoms with E-state index in [1.54, 1.807) is 6.33 Å². The Labute approximate surface area is 228 Å². The van der Waals surface area contributed by atoms with Crippen molar-refractivity contribution in [1.82, 2.24) is 30.2 Å². The molecule has 202 valence electrons. The van der Waals surface area contributed by atoms with Gasteiger partial charge in [-0.15, -0.1) is 0 Å². The smallest absolute Gasteiger partial charge is 0.407 e. The van der Waals surface area contributed by atoms with Crippen molar-refractivity contribution in [2.24, 2.45) is 5.92 Å². The number of aromatic amines is 2. The first-order valence-corrected chi connectivity index (χ1v) is 13.3. The van der Waals surface area contributed by atoms with Crippen LogP contribution in [-0.4, -0.2) is 56.5 Å². The van der Waals surface area contributed by atoms with Crippen LogP contribution in [0.4, 0.5) is 4.79 Å². The number of hydrogen-bond donors (Lipinski definition) is 3. The first-order valence-electron chi connectivity index (χ1n) is 13.3. The molecule has 0 spiro atoms. The zero-order chi connectivity index (χ0) is 27.5. The number of aryl methyl sites for hydroxylation is 1. The van der Waals surface area contributed by atoms with E-state index in [0.29, 0.717) is 6.54 Å². The van der Waals surface area contributed by atoms with Crippen LogP contribution in [0.1, 0.15) is 44.1 Å². The Hall–Kier alpha value is -4.40. The molecule has 0 radical (unpaired) electrons. The van der Waals surface area contributed by atoms with Gasteiger partial charge in [0.05, 0.1) is 43.3 Å². The third-order valence-electron chi connectivity index (χ3n) is 7.38. The molecule has 2 amide bonds. The van der Waals surface area contributed by atoms with Gasteiger partial charge in [0.1, 0.15) is 11.9 Å². The maximum Gasteiger partial charge on any atom is 0.407 e. The molecule has 39 heavy (non-hydrogen) atoms. The van der Waals surface area contributed by atoms with Gasteiger partial charge in [-0.3, -0.25) is 4.79 Å². The molecule has 3 N–H and O–H groups in total. The summed E-state index contributed by atoms with van der Waals surface area (Å²) < 4.78 is 4.73. The minimum Gasteiger partial charge on any atom is -0.453 e. The molecule has 1 aliphatic rings. The molecule has 1 saturated heterocycles. The fourth-order valence-corrected chi connectivity index (χ4v) is 5.24. The number of alkyl carbamates (subject to hydrolysis) is 1. The standard InChI is InChI=1S/C30H34N6O3/c1-18(2)27(35-30(38)39-4)29(37)36-13-5-6-26(36)28-32-16-25(34-28)23-12-11-22(14-19(23)3)20-7-9-21(10-8-20)24-15-31-17-33-24/h7-12,14-18,26-27H,5-6,13H2,1-4H3,(H,31,33)(H,32,34)(H,35,38). The molecular formula is C30H34N6O3. The number of aromatic nitrogens is 4. The number of nitrogens with one attached hydrogen (secondary N) is 3. The maximum atomic E-state index is 13.4. The summed E-state index contributed by atoms with van der Waals surface area (Å²) in [5.41, 5.74) is 7.46. The molecule has 4 aromatic rings. The Morgan fingerprint density at radius 3 is 2.46 bits per heavy atom. The van der Waals surface area contributed by atoms with E-state index in [1.807, 2.05) is 31.1 Å². The zero-order valence-electron chi connectivity index (χ0n) is 22.7. The van der Waals surface area contributed by atoms with Crippen molar-refractivity contribution in [1.29, 1.82) is 0 Å². The predicted octanol–water partition coefficient (Wildman–Crippen LogP) is 5.49. The lowest BCUT2D eigenvalue weighted by Crippen LogP contribution is -2.51. The summed E-state index contributed by atoms with van der Waals surface area (Å²) in [5.74, 6) is 0.567. The van der Waals surface area contributed by atoms with E-state index in [9.17, 15) is 9.59 Å². The van der Waals surface area contributed by atoms with E-state index in [1.165, 1.54) is 7.11 Å². The van der Waals surface area contributed by atoms with E-state index in [0.717, 1.165) is 57.9 Å². The van der Waals surface area contributed by atoms with Gasteiger partial charge < -0.3 is 24.9 Å². The first kappa shape index (κ1) is 26.2. The van der Waals surface area contributed by atoms with Crippen LogP contribution in [0.3, 0.4) is 0 Å². The third kappa shape index (κ3) is 5.43. The molecule has 2 aromatic carbocycles. The lowest BCUT2D eigenvalue weighted by molar-refractivity contribution is -0.135. The number of rotatable bonds is 7. The Morgan fingerprint density at radius 1 is 1.05 bits per heavy atom. The molecule has 0 aliphatic carbocycles. The first-order chi connectivity index (χ1) is 18.9. The molecule has 5 rings (SSSR count). The highest BCUT2D eigenvalue weighted by molar-refractivity contribution is 5.86. The second kappa shape index (κ2) is 11.1. The number of imidazole rings is 2. The highest BCUT2D eigenvalue weighted by atomic mass is 16.5. The van der Waals surface area contributed by atoms with E-state index in [2.05, 4.69) is 74.6 Å². The average Bonchev–Trinajstić information content (AvgIpc) is 3.73. The number of carbonyl (C=O) groups excluding carboxylic acids is 2. The van der Waals surface area contributed by atoms with Crippen molar-refractivity contribution < 1.29 is 14.3 Å². The summed E-state index contributed by atoms with van der Waals surface area (Å²) in [7, 11) is 1.30. The van der Waals surface area contributed by atoms with Crippen LogP contribution < -0.4 is 5.32 Å². The van der Waals surface area contributed by atoms with Gasteiger partial charge in [0.15, 0.2) is 0 Å². The third-order valence-corrected chi connectivity index (χ3v) is 7.38. The topological polar surface area (TPSA) is 116 Å². The number of ether oxygens (including phenoxy) is 1. The summed E-state index contributed by atoms with van der Waals surface area (Å²) in [4.78, 5) is 42.5. The van der Waals surface area contributed by atoms with Gasteiger partial charge in [-0.25, -0.2) is 14.8 Å². The van der Waals surface area contributed by atoms with Crippen molar-refractivity contribution in [2.45, 2.75) is 45.7 Å². The summed E-state index contributed by atoms with van der Waals surface area (Å²) in [5, 5.41) is 2.69. The van der Waals surface area contributed by atoms with Crippen LogP contribution in [0.25, 0.3) is 33.6 Å². The van der Waals surface area contributed by atoms with Gasteiger partial charge in [0.2, 0.25) is 5.91 Å². The molecule has 0 bridgehead atoms. The predicted molar refractivity (Wildman–Crippen MR) is 150 cm³/mol. The Kier molecular flexibility index (Phi) is 7.49. The van der Waals surface area contributed by atoms with Crippen molar-refractivity contribution in [2.75, 3.05) is 13.7 Å². The molecule has 0 saturated carbocycles. The summed E-state index contributed by atoms with van der Waals surface area (Å²) >= 11 is 0. The van der Waals surface area contributed by atoms with Crippen LogP contribution in [0.2, 0.25) is 0 Å². The van der Waals surface area contributed by atoms with Crippen molar-refractivity contribution in [3.05, 3.63) is 72.6 Å². The van der Waals surface area contributed by atoms with Gasteiger partial charge in [-0.1, -0.05) is 56.3 Å². The van der Waals surface area contributed by atoms with Crippen LogP contribution in [-0.2, 0) is 9.53 Å². The van der Waals surface area contributed by atoms with Gasteiger partial charge in [0, 0.05) is 12.1 Å². The molecule has 3 heterocycles. The SMILES string of the molecule is COC(=O)NC(C(=O)N1CCCC1c1ncc(-c2ccc(-c3ccc(-c4cnc[nH]4)cc3)cc2C)[nH]1)C(C)C. The number of hydrogen-bond acceptors (Lipinski definition) is 5. The summed E-state index contributed by atoms with van der Waals surface area (Å²) in [6, 6.07) is 14.0. The normalized spacial score (nSPS) is 15.9. The van der Waals surface area contributed by atoms with Gasteiger partial charge >= 0.3 is 6.09 Å². The lowest BCUT2D eigenvalue weighted by Gasteiger charge is -2.30. The van der Waals surface area contributed by atoms with Crippen molar-refractivity contribution in [3.8, 4) is 33.6 Å². The van der Waals surface area contributed by atoms with E-state index >= 15 is 0 Å². The second-order valence-electron chi connectivity index (χ2n) is 10.3. The Balaban J connectivity index is 1.33. The zero-order valence-corrected chi connectivity index (χ0v) is 22.7. The number of benzene rings is 2. The fraction of sp³-hybridized carbons (Fsp3) is 0.333. The van der Waals surface area contributed by atoms with Crippen LogP contribution in [0, 0.1) is 12.8 Å². The summed E-state index contributed by atoms with van der Waals surface area (Å²) in [6.45, 7) is 6.54. The van der Waals surface area contributed by atoms with Crippen LogP contribution in [0.15, 0.2) is 61.2 Å². The van der Waals surface area contributed by atoms with Crippen molar-refractivity contribution >= 4 is 12.0 Å². The van der Waals surface area contributed by atoms with Crippen LogP contribution >= 0.6 is 0 Å². The van der Waals surface area contributed by atoms with Gasteiger partial charge in [-0.05, 0) is 47.9 Å². The molecule has 2 unspecified atom stereocenters. The lowest BCUT2D eigenvalue weighted by atomic mass is 9.97. The largest absolute Gasteiger partial charge is 0.453 e. The van der Waals surface area contributed by atoms with Crippen LogP contribution in [0.5, 0.6) is 0 Å². The number of amides is 2. The Bertz CT molecular complexity index is 1440. The van der Waals surface area contributed by atoms with E-state index in [-0.39, 0.29) is 17.9 Å². The van der Waals surface area contributed by atoms with Gasteiger partial charge in [0.25, 0.3) is 0 Å². The molecule has 2 aromatic heterocycles. The number of nitrogens with zero attached hydrogens (tertiary/aromatic N) is 3. The second-order valence-corrected chi connectivity index (χ2v) is 10.3. The molecule has 9 heteroatoms. The number of H-pyrrole nitrogens is 2. The minimum atomic E-state index is -0.657. The minimum absolute atomic E-state index is 0.0761. The number of methoxy groups -OCH3 is 1.